The van der Waals surface area contributed by atoms with Gasteiger partial charge in [-0.15, -0.1) is 0 Å². The molecule has 1 aliphatic carbocycles. The second-order valence-corrected chi connectivity index (χ2v) is 8.11. The summed E-state index contributed by atoms with van der Waals surface area (Å²) in [6, 6.07) is 8.39. The van der Waals surface area contributed by atoms with E-state index in [0.29, 0.717) is 5.82 Å². The lowest BCUT2D eigenvalue weighted by Gasteiger charge is -2.33. The smallest absolute Gasteiger partial charge is 0.337 e. The van der Waals surface area contributed by atoms with E-state index >= 15 is 0 Å². The first-order chi connectivity index (χ1) is 12.2. The summed E-state index contributed by atoms with van der Waals surface area (Å²) in [6.07, 6.45) is 3.08. The molecule has 0 N–H and O–H groups in total. The number of likely N-dealkylation sites (N-methyl/N-ethyl adjacent to an activating group) is 1. The number of carbonyl (C=O) groups excluding carboxylic acids is 1. The van der Waals surface area contributed by atoms with E-state index in [0.717, 1.165) is 19.3 Å². The SMILES string of the molecule is Cc1nn(C(C)(C)C)c(=O)n1CC(=O)N(C)C1CCCc2ccccc21. The highest BCUT2D eigenvalue weighted by Gasteiger charge is 2.28. The zero-order valence-corrected chi connectivity index (χ0v) is 16.3. The number of carbonyl (C=O) groups is 1. The van der Waals surface area contributed by atoms with Crippen LogP contribution in [0.15, 0.2) is 29.1 Å². The van der Waals surface area contributed by atoms with Crippen LogP contribution in [-0.4, -0.2) is 32.2 Å². The number of amides is 1. The number of aryl methyl sites for hydroxylation is 2. The molecule has 0 radical (unpaired) electrons. The highest BCUT2D eigenvalue weighted by atomic mass is 16.2. The van der Waals surface area contributed by atoms with E-state index in [2.05, 4.69) is 17.2 Å². The van der Waals surface area contributed by atoms with E-state index in [1.54, 1.807) is 11.8 Å². The summed E-state index contributed by atoms with van der Waals surface area (Å²) in [4.78, 5) is 27.4. The maximum absolute atomic E-state index is 12.9. The van der Waals surface area contributed by atoms with E-state index in [1.165, 1.54) is 20.4 Å². The molecule has 0 saturated carbocycles. The molecular formula is C20H28N4O2. The van der Waals surface area contributed by atoms with Gasteiger partial charge in [-0.2, -0.15) is 5.10 Å². The molecule has 1 atom stereocenters. The van der Waals surface area contributed by atoms with Crippen molar-refractivity contribution >= 4 is 5.91 Å². The van der Waals surface area contributed by atoms with Crippen molar-refractivity contribution in [2.75, 3.05) is 7.05 Å². The van der Waals surface area contributed by atoms with Crippen LogP contribution in [0.1, 0.15) is 56.6 Å². The van der Waals surface area contributed by atoms with E-state index in [-0.39, 0.29) is 24.2 Å². The molecule has 6 nitrogen and oxygen atoms in total. The van der Waals surface area contributed by atoms with Crippen LogP contribution >= 0.6 is 0 Å². The van der Waals surface area contributed by atoms with Crippen LogP contribution in [0.3, 0.4) is 0 Å². The average molecular weight is 356 g/mol. The Morgan fingerprint density at radius 1 is 1.31 bits per heavy atom. The molecule has 0 fully saturated rings. The van der Waals surface area contributed by atoms with Gasteiger partial charge in [0.2, 0.25) is 5.91 Å². The Bertz CT molecular complexity index is 873. The summed E-state index contributed by atoms with van der Waals surface area (Å²) in [5.74, 6) is 0.501. The lowest BCUT2D eigenvalue weighted by Crippen LogP contribution is -2.40. The van der Waals surface area contributed by atoms with Crippen molar-refractivity contribution in [1.29, 1.82) is 0 Å². The van der Waals surface area contributed by atoms with E-state index in [4.69, 9.17) is 0 Å². The standard InChI is InChI=1S/C20H28N4O2/c1-14-21-24(20(2,3)4)19(26)23(14)13-18(25)22(5)17-12-8-10-15-9-6-7-11-16(15)17/h6-7,9,11,17H,8,10,12-13H2,1-5H3. The molecule has 3 rings (SSSR count). The van der Waals surface area contributed by atoms with Gasteiger partial charge in [0.25, 0.3) is 0 Å². The van der Waals surface area contributed by atoms with E-state index in [9.17, 15) is 9.59 Å². The summed E-state index contributed by atoms with van der Waals surface area (Å²) in [5.41, 5.74) is 1.90. The molecule has 1 amide bonds. The Morgan fingerprint density at radius 3 is 2.65 bits per heavy atom. The summed E-state index contributed by atoms with van der Waals surface area (Å²) >= 11 is 0. The highest BCUT2D eigenvalue weighted by molar-refractivity contribution is 5.76. The molecule has 1 aliphatic rings. The summed E-state index contributed by atoms with van der Waals surface area (Å²) in [5, 5.41) is 4.34. The molecule has 1 aromatic carbocycles. The second kappa shape index (κ2) is 6.74. The molecule has 26 heavy (non-hydrogen) atoms. The summed E-state index contributed by atoms with van der Waals surface area (Å²) < 4.78 is 2.92. The van der Waals surface area contributed by atoms with Crippen LogP contribution in [0, 0.1) is 6.92 Å². The molecule has 140 valence electrons. The molecule has 6 heteroatoms. The van der Waals surface area contributed by atoms with Crippen molar-refractivity contribution in [3.05, 3.63) is 51.7 Å². The Hall–Kier alpha value is -2.37. The predicted molar refractivity (Wildman–Crippen MR) is 101 cm³/mol. The number of aromatic nitrogens is 3. The highest BCUT2D eigenvalue weighted by Crippen LogP contribution is 2.33. The van der Waals surface area contributed by atoms with Crippen LogP contribution < -0.4 is 5.69 Å². The third-order valence-corrected chi connectivity index (χ3v) is 5.17. The number of benzene rings is 1. The maximum Gasteiger partial charge on any atom is 0.346 e. The fourth-order valence-corrected chi connectivity index (χ4v) is 3.66. The molecule has 1 unspecified atom stereocenters. The Labute approximate surface area is 154 Å². The number of rotatable bonds is 3. The monoisotopic (exact) mass is 356 g/mol. The molecule has 0 saturated heterocycles. The fourth-order valence-electron chi connectivity index (χ4n) is 3.66. The van der Waals surface area contributed by atoms with Crippen molar-refractivity contribution in [2.24, 2.45) is 0 Å². The number of nitrogens with zero attached hydrogens (tertiary/aromatic N) is 4. The first kappa shape index (κ1) is 18.4. The first-order valence-corrected chi connectivity index (χ1v) is 9.20. The molecule has 2 aromatic rings. The maximum atomic E-state index is 12.9. The van der Waals surface area contributed by atoms with Gasteiger partial charge in [-0.3, -0.25) is 9.36 Å². The molecule has 1 heterocycles. The van der Waals surface area contributed by atoms with Gasteiger partial charge in [-0.05, 0) is 58.1 Å². The minimum atomic E-state index is -0.412. The molecule has 0 aliphatic heterocycles. The first-order valence-electron chi connectivity index (χ1n) is 9.20. The summed E-state index contributed by atoms with van der Waals surface area (Å²) in [6.45, 7) is 7.58. The normalized spacial score (nSPS) is 17.0. The van der Waals surface area contributed by atoms with E-state index < -0.39 is 5.54 Å². The van der Waals surface area contributed by atoms with Crippen molar-refractivity contribution in [3.63, 3.8) is 0 Å². The zero-order chi connectivity index (χ0) is 19.1. The average Bonchev–Trinajstić information content (AvgIpc) is 2.89. The van der Waals surface area contributed by atoms with Gasteiger partial charge in [-0.1, -0.05) is 24.3 Å². The van der Waals surface area contributed by atoms with Crippen LogP contribution in [0.2, 0.25) is 0 Å². The molecular weight excluding hydrogens is 328 g/mol. The quantitative estimate of drug-likeness (QED) is 0.849. The molecule has 0 bridgehead atoms. The minimum Gasteiger partial charge on any atom is -0.337 e. The van der Waals surface area contributed by atoms with Gasteiger partial charge in [0.1, 0.15) is 12.4 Å². The van der Waals surface area contributed by atoms with Crippen molar-refractivity contribution < 1.29 is 4.79 Å². The lowest BCUT2D eigenvalue weighted by molar-refractivity contribution is -0.133. The van der Waals surface area contributed by atoms with Crippen molar-refractivity contribution in [1.82, 2.24) is 19.2 Å². The lowest BCUT2D eigenvalue weighted by atomic mass is 9.87. The minimum absolute atomic E-state index is 0.0237. The largest absolute Gasteiger partial charge is 0.346 e. The van der Waals surface area contributed by atoms with Gasteiger partial charge in [-0.25, -0.2) is 9.48 Å². The van der Waals surface area contributed by atoms with Gasteiger partial charge in [0.05, 0.1) is 11.6 Å². The molecule has 0 spiro atoms. The zero-order valence-electron chi connectivity index (χ0n) is 16.3. The van der Waals surface area contributed by atoms with E-state index in [1.807, 2.05) is 40.0 Å². The Morgan fingerprint density at radius 2 is 2.00 bits per heavy atom. The summed E-state index contributed by atoms with van der Waals surface area (Å²) in [7, 11) is 1.84. The number of hydrogen-bond donors (Lipinski definition) is 0. The Kier molecular flexibility index (Phi) is 4.78. The third kappa shape index (κ3) is 3.32. The predicted octanol–water partition coefficient (Wildman–Crippen LogP) is 2.64. The number of hydrogen-bond acceptors (Lipinski definition) is 3. The van der Waals surface area contributed by atoms with Crippen LogP contribution in [-0.2, 0) is 23.3 Å². The van der Waals surface area contributed by atoms with Gasteiger partial charge < -0.3 is 4.90 Å². The van der Waals surface area contributed by atoms with Gasteiger partial charge in [0.15, 0.2) is 0 Å². The van der Waals surface area contributed by atoms with Gasteiger partial charge in [0, 0.05) is 7.05 Å². The van der Waals surface area contributed by atoms with Crippen LogP contribution in [0.25, 0.3) is 0 Å². The number of fused-ring (bicyclic) bond motifs is 1. The van der Waals surface area contributed by atoms with Crippen molar-refractivity contribution in [2.45, 2.75) is 65.1 Å². The topological polar surface area (TPSA) is 60.1 Å². The van der Waals surface area contributed by atoms with Gasteiger partial charge >= 0.3 is 5.69 Å². The second-order valence-electron chi connectivity index (χ2n) is 8.11. The Balaban J connectivity index is 1.84. The van der Waals surface area contributed by atoms with Crippen LogP contribution in [0.5, 0.6) is 0 Å². The van der Waals surface area contributed by atoms with Crippen molar-refractivity contribution in [3.8, 4) is 0 Å². The fraction of sp³-hybridized carbons (Fsp3) is 0.550. The third-order valence-electron chi connectivity index (χ3n) is 5.17. The molecule has 1 aromatic heterocycles. The van der Waals surface area contributed by atoms with Crippen LogP contribution in [0.4, 0.5) is 0 Å².